The number of ether oxygens (including phenoxy) is 1. The van der Waals surface area contributed by atoms with Crippen molar-refractivity contribution in [3.8, 4) is 0 Å². The summed E-state index contributed by atoms with van der Waals surface area (Å²) in [5.41, 5.74) is -2.02. The molecule has 1 rings (SSSR count). The Morgan fingerprint density at radius 1 is 1.27 bits per heavy atom. The molecule has 30 heavy (non-hydrogen) atoms. The van der Waals surface area contributed by atoms with Crippen molar-refractivity contribution >= 4 is 22.1 Å². The third-order valence-electron chi connectivity index (χ3n) is 3.80. The Hall–Kier alpha value is -1.17. The molecule has 3 N–H and O–H groups in total. The molecule has 9 nitrogen and oxygen atoms in total. The van der Waals surface area contributed by atoms with Crippen LogP contribution in [0.15, 0.2) is 30.3 Å². The minimum Gasteiger partial charge on any atom is -0.746 e. The second-order valence-corrected chi connectivity index (χ2v) is 7.70. The molecule has 0 aliphatic rings. The molecule has 164 valence electrons. The number of rotatable bonds is 11. The first-order chi connectivity index (χ1) is 16.3. The normalized spacial score (nSPS) is 18.8. The standard InChI is InChI=1S/C19H30N2O7S.Na/c1-4-8-15(18(23)29(25,26)27)20-17(22)16(11-13(2)3)21-19(24)28-12-14-9-6-5-7-10-14;/h5-7,9-10,13,15-16,18,23H,4,8,11-12H2,1-3H3,(H,20,22)(H,21,24)(H,25,26,27);/q;+1/p-1/t15-,16-,18?;/m0./s1/i2D3,3D3,13D;. The van der Waals surface area contributed by atoms with Crippen LogP contribution in [-0.4, -0.2) is 47.6 Å². The molecule has 0 bridgehead atoms. The van der Waals surface area contributed by atoms with Crippen molar-refractivity contribution in [2.24, 2.45) is 5.89 Å². The van der Waals surface area contributed by atoms with Crippen LogP contribution in [0.25, 0.3) is 0 Å². The van der Waals surface area contributed by atoms with Gasteiger partial charge in [-0.2, -0.15) is 0 Å². The van der Waals surface area contributed by atoms with Gasteiger partial charge in [-0.1, -0.05) is 57.4 Å². The predicted octanol–water partition coefficient (Wildman–Crippen LogP) is -1.52. The molecule has 0 fully saturated rings. The maximum absolute atomic E-state index is 13.0. The van der Waals surface area contributed by atoms with E-state index in [1.54, 1.807) is 37.3 Å². The van der Waals surface area contributed by atoms with Crippen molar-refractivity contribution in [3.63, 3.8) is 0 Å². The third kappa shape index (κ3) is 10.7. The molecular formula is C19H29N2NaO7S. The van der Waals surface area contributed by atoms with Crippen molar-refractivity contribution < 1.29 is 71.6 Å². The van der Waals surface area contributed by atoms with Gasteiger partial charge in [-0.25, -0.2) is 13.2 Å². The van der Waals surface area contributed by atoms with Crippen molar-refractivity contribution in [2.75, 3.05) is 0 Å². The van der Waals surface area contributed by atoms with Crippen molar-refractivity contribution in [2.45, 2.75) is 64.0 Å². The van der Waals surface area contributed by atoms with Crippen LogP contribution < -0.4 is 40.2 Å². The molecule has 0 spiro atoms. The van der Waals surface area contributed by atoms with E-state index in [2.05, 4.69) is 0 Å². The van der Waals surface area contributed by atoms with Gasteiger partial charge >= 0.3 is 35.7 Å². The Kier molecular flexibility index (Phi) is 8.59. The van der Waals surface area contributed by atoms with E-state index in [9.17, 15) is 27.7 Å². The fourth-order valence-electron chi connectivity index (χ4n) is 2.40. The van der Waals surface area contributed by atoms with Crippen LogP contribution in [0.1, 0.15) is 55.0 Å². The molecule has 11 heteroatoms. The minimum absolute atomic E-state index is 0. The minimum atomic E-state index is -5.28. The molecule has 0 saturated heterocycles. The van der Waals surface area contributed by atoms with Crippen LogP contribution in [0.4, 0.5) is 4.79 Å². The fraction of sp³-hybridized carbons (Fsp3) is 0.579. The Bertz CT molecular complexity index is 981. The van der Waals surface area contributed by atoms with Gasteiger partial charge in [0.25, 0.3) is 0 Å². The van der Waals surface area contributed by atoms with E-state index in [0.29, 0.717) is 5.56 Å². The van der Waals surface area contributed by atoms with E-state index >= 15 is 0 Å². The van der Waals surface area contributed by atoms with Crippen LogP contribution in [-0.2, 0) is 26.3 Å². The number of carbonyl (C=O) groups is 2. The van der Waals surface area contributed by atoms with Gasteiger partial charge in [-0.15, -0.1) is 0 Å². The van der Waals surface area contributed by atoms with Crippen LogP contribution >= 0.6 is 0 Å². The molecule has 0 saturated carbocycles. The van der Waals surface area contributed by atoms with Crippen molar-refractivity contribution in [3.05, 3.63) is 35.9 Å². The van der Waals surface area contributed by atoms with Crippen molar-refractivity contribution in [1.29, 1.82) is 0 Å². The van der Waals surface area contributed by atoms with Gasteiger partial charge in [-0.3, -0.25) is 4.79 Å². The number of benzene rings is 1. The third-order valence-corrected chi connectivity index (χ3v) is 4.72. The van der Waals surface area contributed by atoms with Gasteiger partial charge in [0.1, 0.15) is 22.8 Å². The summed E-state index contributed by atoms with van der Waals surface area (Å²) in [6.45, 7) is -5.59. The zero-order valence-electron chi connectivity index (χ0n) is 23.8. The van der Waals surface area contributed by atoms with Gasteiger partial charge in [0, 0.05) is 9.60 Å². The number of nitrogens with one attached hydrogen (secondary N) is 2. The summed E-state index contributed by atoms with van der Waals surface area (Å²) < 4.78 is 92.3. The summed E-state index contributed by atoms with van der Waals surface area (Å²) in [5.74, 6) is -4.56. The number of amides is 2. The number of hydrogen-bond donors (Lipinski definition) is 3. The fourth-order valence-corrected chi connectivity index (χ4v) is 3.01. The largest absolute Gasteiger partial charge is 1.00 e. The summed E-state index contributed by atoms with van der Waals surface area (Å²) in [7, 11) is -5.28. The Morgan fingerprint density at radius 3 is 2.43 bits per heavy atom. The molecule has 0 aromatic heterocycles. The number of alkyl carbamates (subject to hydrolysis) is 1. The van der Waals surface area contributed by atoms with Gasteiger partial charge < -0.3 is 25.0 Å². The number of hydrogen-bond acceptors (Lipinski definition) is 7. The molecule has 0 radical (unpaired) electrons. The van der Waals surface area contributed by atoms with Crippen LogP contribution in [0.3, 0.4) is 0 Å². The molecule has 0 aliphatic carbocycles. The monoisotopic (exact) mass is 459 g/mol. The second kappa shape index (κ2) is 14.0. The van der Waals surface area contributed by atoms with E-state index in [0.717, 1.165) is 0 Å². The number of aliphatic hydroxyl groups is 1. The maximum Gasteiger partial charge on any atom is 1.00 e. The number of aliphatic hydroxyl groups excluding tert-OH is 1. The van der Waals surface area contributed by atoms with Crippen LogP contribution in [0.2, 0.25) is 0 Å². The topological polar surface area (TPSA) is 145 Å². The van der Waals surface area contributed by atoms with Gasteiger partial charge in [0.2, 0.25) is 5.91 Å². The summed E-state index contributed by atoms with van der Waals surface area (Å²) >= 11 is 0. The zero-order valence-corrected chi connectivity index (χ0v) is 19.6. The first kappa shape index (κ1) is 18.4. The van der Waals surface area contributed by atoms with Crippen LogP contribution in [0.5, 0.6) is 0 Å². The second-order valence-electron chi connectivity index (χ2n) is 6.23. The summed E-state index contributed by atoms with van der Waals surface area (Å²) in [5, 5.41) is 13.9. The van der Waals surface area contributed by atoms with Gasteiger partial charge in [0.15, 0.2) is 5.44 Å². The molecule has 1 aromatic rings. The maximum atomic E-state index is 13.0. The Labute approximate surface area is 209 Å². The van der Waals surface area contributed by atoms with Crippen LogP contribution in [0, 0.1) is 5.89 Å². The summed E-state index contributed by atoms with van der Waals surface area (Å²) in [6.07, 6.45) is -2.53. The van der Waals surface area contributed by atoms with E-state index in [4.69, 9.17) is 14.3 Å². The van der Waals surface area contributed by atoms with Gasteiger partial charge in [0.05, 0.1) is 6.04 Å². The number of carbonyl (C=O) groups excluding carboxylic acids is 2. The van der Waals surface area contributed by atoms with Crippen molar-refractivity contribution in [1.82, 2.24) is 10.6 Å². The molecule has 1 aromatic carbocycles. The first-order valence-corrected chi connectivity index (χ1v) is 10.2. The molecule has 0 aliphatic heterocycles. The molecule has 1 unspecified atom stereocenters. The SMILES string of the molecule is [2H]C([2H])([2H])C([2H])(C[C@H](NC(=O)OCc1ccccc1)C(=O)N[C@@H](CCC)C(O)S(=O)(=O)[O-])C([2H])([2H])[2H].[Na+]. The molecular weight excluding hydrogens is 423 g/mol. The van der Waals surface area contributed by atoms with E-state index in [-0.39, 0.29) is 49.0 Å². The van der Waals surface area contributed by atoms with E-state index < -0.39 is 65.7 Å². The summed E-state index contributed by atoms with van der Waals surface area (Å²) in [6, 6.07) is 4.60. The van der Waals surface area contributed by atoms with E-state index in [1.807, 2.05) is 10.6 Å². The van der Waals surface area contributed by atoms with E-state index in [1.165, 1.54) is 0 Å². The summed E-state index contributed by atoms with van der Waals surface area (Å²) in [4.78, 5) is 25.3. The quantitative estimate of drug-likeness (QED) is 0.269. The first-order valence-electron chi connectivity index (χ1n) is 12.2. The Morgan fingerprint density at radius 2 is 1.90 bits per heavy atom. The van der Waals surface area contributed by atoms with Gasteiger partial charge in [-0.05, 0) is 24.3 Å². The predicted molar refractivity (Wildman–Crippen MR) is 106 cm³/mol. The average molecular weight is 460 g/mol. The zero-order chi connectivity index (χ0) is 27.9. The molecule has 2 amide bonds. The molecule has 3 atom stereocenters. The molecule has 0 heterocycles. The smallest absolute Gasteiger partial charge is 0.746 e. The average Bonchev–Trinajstić information content (AvgIpc) is 2.74. The Balaban J connectivity index is 0.0000130.